The summed E-state index contributed by atoms with van der Waals surface area (Å²) in [4.78, 5) is 31.8. The molecule has 1 aliphatic rings. The summed E-state index contributed by atoms with van der Waals surface area (Å²) in [6.07, 6.45) is 3.37. The monoisotopic (exact) mass is 618 g/mol. The van der Waals surface area contributed by atoms with E-state index in [2.05, 4.69) is 27.3 Å². The molecule has 1 saturated heterocycles. The summed E-state index contributed by atoms with van der Waals surface area (Å²) in [5, 5.41) is 0.562. The van der Waals surface area contributed by atoms with Gasteiger partial charge in [0.05, 0.1) is 40.7 Å². The first-order valence-electron chi connectivity index (χ1n) is 11.0. The third-order valence-corrected chi connectivity index (χ3v) is 6.76. The van der Waals surface area contributed by atoms with E-state index in [1.807, 2.05) is 49.4 Å². The zero-order valence-electron chi connectivity index (χ0n) is 19.6. The van der Waals surface area contributed by atoms with E-state index in [9.17, 15) is 9.59 Å². The Morgan fingerprint density at radius 1 is 1.17 bits per heavy atom. The number of hydrogen-bond acceptors (Lipinski definition) is 8. The second-order valence-corrected chi connectivity index (χ2v) is 9.61. The van der Waals surface area contributed by atoms with E-state index in [1.54, 1.807) is 29.4 Å². The Kier molecular flexibility index (Phi) is 8.70. The van der Waals surface area contributed by atoms with Crippen LogP contribution in [0, 0.1) is 3.57 Å². The van der Waals surface area contributed by atoms with Crippen molar-refractivity contribution in [1.82, 2.24) is 4.90 Å². The number of nitrogens with zero attached hydrogens (tertiary/aromatic N) is 2. The van der Waals surface area contributed by atoms with Crippen LogP contribution in [0.4, 0.5) is 5.69 Å². The molecule has 186 valence electrons. The largest absolute Gasteiger partial charge is 0.490 e. The van der Waals surface area contributed by atoms with Crippen LogP contribution in [-0.2, 0) is 20.9 Å². The number of ether oxygens (including phenoxy) is 3. The van der Waals surface area contributed by atoms with Crippen LogP contribution in [0.5, 0.6) is 11.5 Å². The van der Waals surface area contributed by atoms with Crippen molar-refractivity contribution in [3.05, 3.63) is 80.7 Å². The van der Waals surface area contributed by atoms with E-state index in [-0.39, 0.29) is 19.1 Å². The molecule has 0 atom stereocenters. The molecule has 0 N–H and O–H groups in total. The minimum atomic E-state index is -0.491. The van der Waals surface area contributed by atoms with Crippen molar-refractivity contribution in [3.63, 3.8) is 0 Å². The number of para-hydroxylation sites is 1. The third-order valence-electron chi connectivity index (χ3n) is 4.95. The number of rotatable bonds is 9. The molecule has 0 spiro atoms. The molecular formula is C26H23IN2O6S. The summed E-state index contributed by atoms with van der Waals surface area (Å²) in [7, 11) is 1.30. The first-order chi connectivity index (χ1) is 17.5. The number of carbonyl (C=O) groups is 2. The van der Waals surface area contributed by atoms with E-state index >= 15 is 0 Å². The number of amides is 1. The van der Waals surface area contributed by atoms with Gasteiger partial charge in [0, 0.05) is 0 Å². The van der Waals surface area contributed by atoms with Gasteiger partial charge < -0.3 is 18.6 Å². The highest BCUT2D eigenvalue weighted by Gasteiger charge is 2.34. The summed E-state index contributed by atoms with van der Waals surface area (Å²) >= 11 is 3.41. The molecule has 0 saturated carbocycles. The van der Waals surface area contributed by atoms with Crippen LogP contribution in [0.15, 0.2) is 75.2 Å². The summed E-state index contributed by atoms with van der Waals surface area (Å²) in [6.45, 7) is 2.30. The van der Waals surface area contributed by atoms with Gasteiger partial charge in [-0.25, -0.2) is 9.79 Å². The molecule has 1 aliphatic heterocycles. The number of thioether (sulfide) groups is 1. The highest BCUT2D eigenvalue weighted by Crippen LogP contribution is 2.38. The second kappa shape index (κ2) is 12.1. The van der Waals surface area contributed by atoms with Crippen LogP contribution in [0.1, 0.15) is 18.2 Å². The number of aliphatic imine (C=N–C) groups is 1. The fourth-order valence-electron chi connectivity index (χ4n) is 3.32. The summed E-state index contributed by atoms with van der Waals surface area (Å²) in [6, 6.07) is 16.7. The molecule has 0 unspecified atom stereocenters. The molecule has 10 heteroatoms. The molecule has 1 fully saturated rings. The lowest BCUT2D eigenvalue weighted by molar-refractivity contribution is -0.143. The fourth-order valence-corrected chi connectivity index (χ4v) is 5.10. The molecule has 3 aromatic rings. The molecule has 2 aromatic carbocycles. The van der Waals surface area contributed by atoms with Gasteiger partial charge in [0.25, 0.3) is 5.91 Å². The van der Waals surface area contributed by atoms with Crippen molar-refractivity contribution in [3.8, 4) is 11.5 Å². The Balaban J connectivity index is 1.67. The van der Waals surface area contributed by atoms with Crippen molar-refractivity contribution in [2.45, 2.75) is 13.5 Å². The van der Waals surface area contributed by atoms with E-state index < -0.39 is 5.97 Å². The third kappa shape index (κ3) is 6.30. The molecular weight excluding hydrogens is 595 g/mol. The number of hydrogen-bond donors (Lipinski definition) is 0. The van der Waals surface area contributed by atoms with Crippen LogP contribution in [0.2, 0.25) is 0 Å². The van der Waals surface area contributed by atoms with Gasteiger partial charge in [-0.3, -0.25) is 9.69 Å². The summed E-state index contributed by atoms with van der Waals surface area (Å²) < 4.78 is 22.3. The first-order valence-corrected chi connectivity index (χ1v) is 12.9. The number of methoxy groups -OCH3 is 1. The average Bonchev–Trinajstić information content (AvgIpc) is 3.48. The Morgan fingerprint density at radius 3 is 2.67 bits per heavy atom. The maximum Gasteiger partial charge on any atom is 0.343 e. The number of halogens is 1. The standard InChI is InChI=1S/C26H23IN2O6S/c1-3-33-21-13-17(12-20(27)24(21)35-16-23(30)32-2)14-22-25(31)29(15-19-10-7-11-34-19)26(36-22)28-18-8-5-4-6-9-18/h4-14H,3,15-16H2,1-2H3/b22-14-,28-26?. The van der Waals surface area contributed by atoms with Gasteiger partial charge in [0.1, 0.15) is 5.76 Å². The Bertz CT molecular complexity index is 1290. The molecule has 0 radical (unpaired) electrons. The summed E-state index contributed by atoms with van der Waals surface area (Å²) in [5.41, 5.74) is 1.50. The van der Waals surface area contributed by atoms with E-state index in [4.69, 9.17) is 18.9 Å². The number of esters is 1. The van der Waals surface area contributed by atoms with Gasteiger partial charge >= 0.3 is 5.97 Å². The van der Waals surface area contributed by atoms with Gasteiger partial charge in [0.2, 0.25) is 0 Å². The molecule has 1 aromatic heterocycles. The number of benzene rings is 2. The minimum Gasteiger partial charge on any atom is -0.490 e. The van der Waals surface area contributed by atoms with Crippen molar-refractivity contribution in [1.29, 1.82) is 0 Å². The maximum absolute atomic E-state index is 13.4. The SMILES string of the molecule is CCOc1cc(/C=C2\SC(=Nc3ccccc3)N(Cc3ccco3)C2=O)cc(I)c1OCC(=O)OC. The smallest absolute Gasteiger partial charge is 0.343 e. The predicted octanol–water partition coefficient (Wildman–Crippen LogP) is 5.64. The topological polar surface area (TPSA) is 90.6 Å². The van der Waals surface area contributed by atoms with Crippen LogP contribution < -0.4 is 9.47 Å². The zero-order valence-corrected chi connectivity index (χ0v) is 22.6. The van der Waals surface area contributed by atoms with E-state index in [0.29, 0.717) is 33.9 Å². The lowest BCUT2D eigenvalue weighted by Crippen LogP contribution is -2.28. The number of furan rings is 1. The van der Waals surface area contributed by atoms with Gasteiger partial charge in [-0.15, -0.1) is 0 Å². The first kappa shape index (κ1) is 25.8. The van der Waals surface area contributed by atoms with Crippen LogP contribution >= 0.6 is 34.4 Å². The predicted molar refractivity (Wildman–Crippen MR) is 146 cm³/mol. The normalized spacial score (nSPS) is 15.5. The Hall–Kier alpha value is -3.25. The van der Waals surface area contributed by atoms with Gasteiger partial charge in [0.15, 0.2) is 23.3 Å². The minimum absolute atomic E-state index is 0.176. The Morgan fingerprint density at radius 2 is 1.97 bits per heavy atom. The maximum atomic E-state index is 13.4. The van der Waals surface area contributed by atoms with Crippen LogP contribution in [-0.4, -0.2) is 42.3 Å². The van der Waals surface area contributed by atoms with E-state index in [0.717, 1.165) is 14.8 Å². The van der Waals surface area contributed by atoms with Crippen LogP contribution in [0.3, 0.4) is 0 Å². The quantitative estimate of drug-likeness (QED) is 0.174. The molecule has 1 amide bonds. The summed E-state index contributed by atoms with van der Waals surface area (Å²) in [5.74, 6) is 0.910. The van der Waals surface area contributed by atoms with E-state index in [1.165, 1.54) is 18.9 Å². The fraction of sp³-hybridized carbons (Fsp3) is 0.192. The van der Waals surface area contributed by atoms with Crippen molar-refractivity contribution in [2.24, 2.45) is 4.99 Å². The molecule has 36 heavy (non-hydrogen) atoms. The van der Waals surface area contributed by atoms with Crippen LogP contribution in [0.25, 0.3) is 6.08 Å². The molecule has 0 aliphatic carbocycles. The molecule has 4 rings (SSSR count). The molecule has 8 nitrogen and oxygen atoms in total. The number of carbonyl (C=O) groups excluding carboxylic acids is 2. The van der Waals surface area contributed by atoms with Gasteiger partial charge in [-0.1, -0.05) is 18.2 Å². The second-order valence-electron chi connectivity index (χ2n) is 7.44. The van der Waals surface area contributed by atoms with Crippen molar-refractivity contribution >= 4 is 63.2 Å². The van der Waals surface area contributed by atoms with Crippen molar-refractivity contribution < 1.29 is 28.2 Å². The number of amidine groups is 1. The Labute approximate surface area is 226 Å². The molecule has 2 heterocycles. The van der Waals surface area contributed by atoms with Gasteiger partial charge in [-0.2, -0.15) is 0 Å². The lowest BCUT2D eigenvalue weighted by atomic mass is 10.2. The molecule has 0 bridgehead atoms. The highest BCUT2D eigenvalue weighted by atomic mass is 127. The lowest BCUT2D eigenvalue weighted by Gasteiger charge is -2.14. The highest BCUT2D eigenvalue weighted by molar-refractivity contribution is 14.1. The van der Waals surface area contributed by atoms with Crippen molar-refractivity contribution in [2.75, 3.05) is 20.3 Å². The van der Waals surface area contributed by atoms with Gasteiger partial charge in [-0.05, 0) is 89.3 Å². The average molecular weight is 618 g/mol. The zero-order chi connectivity index (χ0) is 25.5.